The number of hydrogen-bond donors (Lipinski definition) is 2. The van der Waals surface area contributed by atoms with Gasteiger partial charge in [-0.25, -0.2) is 9.18 Å². The number of carboxylic acid groups (broad SMARTS) is 1. The van der Waals surface area contributed by atoms with Crippen molar-refractivity contribution in [2.45, 2.75) is 20.0 Å². The van der Waals surface area contributed by atoms with Crippen LogP contribution in [0.25, 0.3) is 11.1 Å². The van der Waals surface area contributed by atoms with Gasteiger partial charge >= 0.3 is 5.97 Å². The molecule has 0 amide bonds. The van der Waals surface area contributed by atoms with E-state index in [-0.39, 0.29) is 17.5 Å². The standard InChI is InChI=1S/C22H20FNO3/c1-14(2)27-21-6-4-3-5-18(21)15-7-12-19(22(25)26)20(13-15)24-17-10-8-16(23)9-11-17/h3-14,24H,1-2H3,(H,25,26). The number of nitrogens with one attached hydrogen (secondary N) is 1. The molecule has 0 atom stereocenters. The second kappa shape index (κ2) is 7.91. The molecule has 3 aromatic rings. The molecule has 0 unspecified atom stereocenters. The van der Waals surface area contributed by atoms with Gasteiger partial charge in [0.15, 0.2) is 0 Å². The SMILES string of the molecule is CC(C)Oc1ccccc1-c1ccc(C(=O)O)c(Nc2ccc(F)cc2)c1. The van der Waals surface area contributed by atoms with Crippen molar-refractivity contribution in [3.8, 4) is 16.9 Å². The Balaban J connectivity index is 2.04. The summed E-state index contributed by atoms with van der Waals surface area (Å²) in [6, 6.07) is 18.4. The number of halogens is 1. The number of rotatable bonds is 6. The van der Waals surface area contributed by atoms with E-state index in [1.54, 1.807) is 30.3 Å². The number of carboxylic acids is 1. The van der Waals surface area contributed by atoms with Crippen molar-refractivity contribution >= 4 is 17.3 Å². The monoisotopic (exact) mass is 365 g/mol. The molecular weight excluding hydrogens is 345 g/mol. The van der Waals surface area contributed by atoms with Gasteiger partial charge in [0, 0.05) is 11.3 Å². The number of carbonyl (C=O) groups is 1. The van der Waals surface area contributed by atoms with Crippen LogP contribution < -0.4 is 10.1 Å². The fourth-order valence-electron chi connectivity index (χ4n) is 2.75. The van der Waals surface area contributed by atoms with Gasteiger partial charge in [-0.15, -0.1) is 0 Å². The van der Waals surface area contributed by atoms with Crippen molar-refractivity contribution in [1.82, 2.24) is 0 Å². The summed E-state index contributed by atoms with van der Waals surface area (Å²) in [6.07, 6.45) is 0.0150. The normalized spacial score (nSPS) is 10.7. The molecule has 0 radical (unpaired) electrons. The minimum Gasteiger partial charge on any atom is -0.490 e. The Morgan fingerprint density at radius 2 is 1.74 bits per heavy atom. The van der Waals surface area contributed by atoms with Gasteiger partial charge in [0.25, 0.3) is 0 Å². The maximum atomic E-state index is 13.1. The zero-order chi connectivity index (χ0) is 19.4. The highest BCUT2D eigenvalue weighted by Gasteiger charge is 2.14. The Kier molecular flexibility index (Phi) is 5.41. The molecule has 3 rings (SSSR count). The van der Waals surface area contributed by atoms with Crippen LogP contribution in [0.4, 0.5) is 15.8 Å². The Bertz CT molecular complexity index is 952. The molecule has 0 aliphatic heterocycles. The first-order valence-electron chi connectivity index (χ1n) is 8.60. The molecule has 0 aliphatic rings. The number of benzene rings is 3. The molecule has 27 heavy (non-hydrogen) atoms. The molecule has 0 bridgehead atoms. The largest absolute Gasteiger partial charge is 0.490 e. The molecular formula is C22H20FNO3. The van der Waals surface area contributed by atoms with E-state index in [0.29, 0.717) is 11.4 Å². The molecule has 0 saturated heterocycles. The van der Waals surface area contributed by atoms with Gasteiger partial charge in [0.2, 0.25) is 0 Å². The first-order valence-corrected chi connectivity index (χ1v) is 8.60. The Morgan fingerprint density at radius 1 is 1.04 bits per heavy atom. The van der Waals surface area contributed by atoms with E-state index in [2.05, 4.69) is 5.32 Å². The molecule has 0 heterocycles. The third-order valence-electron chi connectivity index (χ3n) is 3.93. The second-order valence-corrected chi connectivity index (χ2v) is 6.36. The van der Waals surface area contributed by atoms with Crippen molar-refractivity contribution in [1.29, 1.82) is 0 Å². The lowest BCUT2D eigenvalue weighted by Gasteiger charge is -2.16. The fourth-order valence-corrected chi connectivity index (χ4v) is 2.75. The van der Waals surface area contributed by atoms with E-state index in [9.17, 15) is 14.3 Å². The maximum absolute atomic E-state index is 13.1. The van der Waals surface area contributed by atoms with Crippen LogP contribution in [0.5, 0.6) is 5.75 Å². The molecule has 0 aromatic heterocycles. The van der Waals surface area contributed by atoms with E-state index in [1.165, 1.54) is 12.1 Å². The highest BCUT2D eigenvalue weighted by molar-refractivity contribution is 5.96. The molecule has 0 spiro atoms. The van der Waals surface area contributed by atoms with Crippen molar-refractivity contribution in [2.24, 2.45) is 0 Å². The minimum atomic E-state index is -1.04. The van der Waals surface area contributed by atoms with Gasteiger partial charge in [0.05, 0.1) is 17.4 Å². The van der Waals surface area contributed by atoms with Crippen LogP contribution in [0, 0.1) is 5.82 Å². The molecule has 4 nitrogen and oxygen atoms in total. The molecule has 3 aromatic carbocycles. The molecule has 2 N–H and O–H groups in total. The van der Waals surface area contributed by atoms with E-state index < -0.39 is 5.97 Å². The van der Waals surface area contributed by atoms with Crippen molar-refractivity contribution in [3.05, 3.63) is 78.1 Å². The summed E-state index contributed by atoms with van der Waals surface area (Å²) >= 11 is 0. The van der Waals surface area contributed by atoms with Gasteiger partial charge in [-0.2, -0.15) is 0 Å². The van der Waals surface area contributed by atoms with Crippen LogP contribution in [0.2, 0.25) is 0 Å². The van der Waals surface area contributed by atoms with Crippen LogP contribution in [0.3, 0.4) is 0 Å². The number of aromatic carboxylic acids is 1. The summed E-state index contributed by atoms with van der Waals surface area (Å²) in [6.45, 7) is 3.90. The predicted molar refractivity (Wildman–Crippen MR) is 104 cm³/mol. The predicted octanol–water partition coefficient (Wildman–Crippen LogP) is 5.72. The fraction of sp³-hybridized carbons (Fsp3) is 0.136. The number of anilines is 2. The summed E-state index contributed by atoms with van der Waals surface area (Å²) in [5.41, 5.74) is 2.84. The first-order chi connectivity index (χ1) is 12.9. The van der Waals surface area contributed by atoms with E-state index in [1.807, 2.05) is 38.1 Å². The average molecular weight is 365 g/mol. The zero-order valence-corrected chi connectivity index (χ0v) is 15.1. The summed E-state index contributed by atoms with van der Waals surface area (Å²) in [5.74, 6) is -0.672. The first kappa shape index (κ1) is 18.5. The molecule has 5 heteroatoms. The average Bonchev–Trinajstić information content (AvgIpc) is 2.63. The van der Waals surface area contributed by atoms with Crippen LogP contribution in [0.15, 0.2) is 66.7 Å². The quantitative estimate of drug-likeness (QED) is 0.586. The lowest BCUT2D eigenvalue weighted by atomic mass is 10.0. The highest BCUT2D eigenvalue weighted by Crippen LogP contribution is 2.34. The van der Waals surface area contributed by atoms with Crippen molar-refractivity contribution in [2.75, 3.05) is 5.32 Å². The van der Waals surface area contributed by atoms with Crippen LogP contribution in [-0.2, 0) is 0 Å². The van der Waals surface area contributed by atoms with Crippen molar-refractivity contribution < 1.29 is 19.0 Å². The Hall–Kier alpha value is -3.34. The lowest BCUT2D eigenvalue weighted by molar-refractivity contribution is 0.0698. The topological polar surface area (TPSA) is 58.6 Å². The Morgan fingerprint density at radius 3 is 2.41 bits per heavy atom. The molecule has 138 valence electrons. The summed E-state index contributed by atoms with van der Waals surface area (Å²) in [4.78, 5) is 11.6. The van der Waals surface area contributed by atoms with E-state index in [0.717, 1.165) is 16.9 Å². The summed E-state index contributed by atoms with van der Waals surface area (Å²) < 4.78 is 19.0. The second-order valence-electron chi connectivity index (χ2n) is 6.36. The highest BCUT2D eigenvalue weighted by atomic mass is 19.1. The van der Waals surface area contributed by atoms with Gasteiger partial charge in [-0.1, -0.05) is 24.3 Å². The molecule has 0 aliphatic carbocycles. The molecule has 0 fully saturated rings. The zero-order valence-electron chi connectivity index (χ0n) is 15.1. The maximum Gasteiger partial charge on any atom is 0.337 e. The summed E-state index contributed by atoms with van der Waals surface area (Å²) in [5, 5.41) is 12.6. The molecule has 0 saturated carbocycles. The van der Waals surface area contributed by atoms with Gasteiger partial charge in [-0.3, -0.25) is 0 Å². The smallest absolute Gasteiger partial charge is 0.337 e. The third kappa shape index (κ3) is 4.44. The van der Waals surface area contributed by atoms with Crippen LogP contribution in [-0.4, -0.2) is 17.2 Å². The van der Waals surface area contributed by atoms with Crippen molar-refractivity contribution in [3.63, 3.8) is 0 Å². The number of ether oxygens (including phenoxy) is 1. The van der Waals surface area contributed by atoms with Crippen LogP contribution in [0.1, 0.15) is 24.2 Å². The number of para-hydroxylation sites is 1. The summed E-state index contributed by atoms with van der Waals surface area (Å²) in [7, 11) is 0. The van der Waals surface area contributed by atoms with Crippen LogP contribution >= 0.6 is 0 Å². The minimum absolute atomic E-state index is 0.0150. The lowest BCUT2D eigenvalue weighted by Crippen LogP contribution is -2.07. The van der Waals surface area contributed by atoms with Gasteiger partial charge in [-0.05, 0) is 61.9 Å². The number of hydrogen-bond acceptors (Lipinski definition) is 3. The van der Waals surface area contributed by atoms with E-state index in [4.69, 9.17) is 4.74 Å². The Labute approximate surface area is 157 Å². The van der Waals surface area contributed by atoms with Gasteiger partial charge in [0.1, 0.15) is 11.6 Å². The van der Waals surface area contributed by atoms with E-state index >= 15 is 0 Å². The van der Waals surface area contributed by atoms with Gasteiger partial charge < -0.3 is 15.2 Å². The third-order valence-corrected chi connectivity index (χ3v) is 3.93.